The van der Waals surface area contributed by atoms with Crippen LogP contribution in [0, 0.1) is 5.92 Å². The molecular formula is C20H21ClN2O3. The second-order valence-corrected chi connectivity index (χ2v) is 6.62. The largest absolute Gasteiger partial charge is 0.494 e. The van der Waals surface area contributed by atoms with E-state index in [-0.39, 0.29) is 18.2 Å². The minimum absolute atomic E-state index is 0.0634. The minimum atomic E-state index is -0.408. The molecule has 0 aromatic heterocycles. The first-order valence-electron chi connectivity index (χ1n) is 8.67. The number of halogens is 1. The van der Waals surface area contributed by atoms with Crippen molar-refractivity contribution in [2.75, 3.05) is 23.4 Å². The van der Waals surface area contributed by atoms with E-state index < -0.39 is 5.92 Å². The van der Waals surface area contributed by atoms with E-state index in [1.54, 1.807) is 29.2 Å². The number of nitrogens with one attached hydrogen (secondary N) is 1. The topological polar surface area (TPSA) is 58.6 Å². The van der Waals surface area contributed by atoms with Crippen LogP contribution in [0.4, 0.5) is 11.4 Å². The van der Waals surface area contributed by atoms with Crippen molar-refractivity contribution in [3.8, 4) is 5.75 Å². The second kappa shape index (κ2) is 8.23. The summed E-state index contributed by atoms with van der Waals surface area (Å²) in [6.45, 7) is 3.06. The quantitative estimate of drug-likeness (QED) is 0.829. The summed E-state index contributed by atoms with van der Waals surface area (Å²) in [5.41, 5.74) is 1.33. The van der Waals surface area contributed by atoms with Crippen LogP contribution in [0.2, 0.25) is 5.02 Å². The Morgan fingerprint density at radius 2 is 1.96 bits per heavy atom. The Bertz CT molecular complexity index is 792. The fourth-order valence-electron chi connectivity index (χ4n) is 2.87. The molecule has 1 atom stereocenters. The number of benzene rings is 2. The van der Waals surface area contributed by atoms with Crippen LogP contribution in [-0.2, 0) is 9.59 Å². The monoisotopic (exact) mass is 372 g/mol. The first-order chi connectivity index (χ1) is 12.6. The third-order valence-corrected chi connectivity index (χ3v) is 4.58. The first kappa shape index (κ1) is 18.3. The van der Waals surface area contributed by atoms with Crippen molar-refractivity contribution < 1.29 is 14.3 Å². The van der Waals surface area contributed by atoms with Crippen molar-refractivity contribution in [2.24, 2.45) is 5.92 Å². The molecule has 2 amide bonds. The summed E-state index contributed by atoms with van der Waals surface area (Å²) in [6.07, 6.45) is 1.12. The number of ether oxygens (including phenoxy) is 1. The molecule has 0 radical (unpaired) electrons. The SMILES string of the molecule is CCCOc1ccc(N2CC(C(=O)Nc3ccccc3Cl)CC2=O)cc1. The third-order valence-electron chi connectivity index (χ3n) is 4.25. The van der Waals surface area contributed by atoms with Gasteiger partial charge in [-0.2, -0.15) is 0 Å². The Morgan fingerprint density at radius 1 is 1.23 bits per heavy atom. The van der Waals surface area contributed by atoms with E-state index in [9.17, 15) is 9.59 Å². The average molecular weight is 373 g/mol. The van der Waals surface area contributed by atoms with Gasteiger partial charge in [0, 0.05) is 18.7 Å². The maximum absolute atomic E-state index is 12.5. The van der Waals surface area contributed by atoms with Gasteiger partial charge in [0.15, 0.2) is 0 Å². The number of para-hydroxylation sites is 1. The van der Waals surface area contributed by atoms with Crippen LogP contribution in [0.1, 0.15) is 19.8 Å². The first-order valence-corrected chi connectivity index (χ1v) is 9.05. The van der Waals surface area contributed by atoms with E-state index in [0.717, 1.165) is 17.9 Å². The normalized spacial score (nSPS) is 16.6. The van der Waals surface area contributed by atoms with E-state index in [4.69, 9.17) is 16.3 Å². The number of nitrogens with zero attached hydrogens (tertiary/aromatic N) is 1. The summed E-state index contributed by atoms with van der Waals surface area (Å²) < 4.78 is 5.56. The lowest BCUT2D eigenvalue weighted by Gasteiger charge is -2.17. The molecule has 136 valence electrons. The number of carbonyl (C=O) groups excluding carboxylic acids is 2. The molecule has 0 saturated carbocycles. The van der Waals surface area contributed by atoms with Gasteiger partial charge in [-0.05, 0) is 42.8 Å². The van der Waals surface area contributed by atoms with Crippen LogP contribution in [0.15, 0.2) is 48.5 Å². The zero-order chi connectivity index (χ0) is 18.5. The highest BCUT2D eigenvalue weighted by molar-refractivity contribution is 6.33. The molecule has 1 N–H and O–H groups in total. The van der Waals surface area contributed by atoms with Crippen molar-refractivity contribution in [3.63, 3.8) is 0 Å². The van der Waals surface area contributed by atoms with E-state index in [2.05, 4.69) is 5.32 Å². The molecule has 0 bridgehead atoms. The molecule has 2 aromatic carbocycles. The molecule has 26 heavy (non-hydrogen) atoms. The van der Waals surface area contributed by atoms with Gasteiger partial charge in [0.1, 0.15) is 5.75 Å². The Morgan fingerprint density at radius 3 is 2.65 bits per heavy atom. The lowest BCUT2D eigenvalue weighted by molar-refractivity contribution is -0.122. The number of hydrogen-bond acceptors (Lipinski definition) is 3. The van der Waals surface area contributed by atoms with Gasteiger partial charge in [-0.25, -0.2) is 0 Å². The van der Waals surface area contributed by atoms with Crippen LogP contribution in [0.3, 0.4) is 0 Å². The van der Waals surface area contributed by atoms with Gasteiger partial charge in [0.05, 0.1) is 23.2 Å². The fraction of sp³-hybridized carbons (Fsp3) is 0.300. The van der Waals surface area contributed by atoms with Crippen molar-refractivity contribution in [1.82, 2.24) is 0 Å². The molecule has 1 saturated heterocycles. The van der Waals surface area contributed by atoms with Crippen LogP contribution >= 0.6 is 11.6 Å². The maximum Gasteiger partial charge on any atom is 0.229 e. The van der Waals surface area contributed by atoms with E-state index in [1.165, 1.54) is 0 Å². The van der Waals surface area contributed by atoms with Gasteiger partial charge in [-0.15, -0.1) is 0 Å². The molecule has 0 aliphatic carbocycles. The smallest absolute Gasteiger partial charge is 0.229 e. The van der Waals surface area contributed by atoms with Gasteiger partial charge >= 0.3 is 0 Å². The Labute approximate surface area is 157 Å². The number of hydrogen-bond donors (Lipinski definition) is 1. The highest BCUT2D eigenvalue weighted by Gasteiger charge is 2.35. The number of rotatable bonds is 6. The maximum atomic E-state index is 12.5. The van der Waals surface area contributed by atoms with Crippen LogP contribution in [0.25, 0.3) is 0 Å². The summed E-state index contributed by atoms with van der Waals surface area (Å²) in [7, 11) is 0. The molecule has 1 aliphatic heterocycles. The van der Waals surface area contributed by atoms with Crippen molar-refractivity contribution in [3.05, 3.63) is 53.6 Å². The zero-order valence-corrected chi connectivity index (χ0v) is 15.3. The minimum Gasteiger partial charge on any atom is -0.494 e. The molecule has 1 fully saturated rings. The van der Waals surface area contributed by atoms with Gasteiger partial charge in [0.2, 0.25) is 11.8 Å². The molecule has 5 nitrogen and oxygen atoms in total. The van der Waals surface area contributed by atoms with Gasteiger partial charge < -0.3 is 15.0 Å². The van der Waals surface area contributed by atoms with Gasteiger partial charge in [-0.1, -0.05) is 30.7 Å². The molecule has 6 heteroatoms. The van der Waals surface area contributed by atoms with Crippen LogP contribution in [0.5, 0.6) is 5.75 Å². The molecule has 1 unspecified atom stereocenters. The fourth-order valence-corrected chi connectivity index (χ4v) is 3.06. The van der Waals surface area contributed by atoms with Crippen LogP contribution < -0.4 is 15.0 Å². The van der Waals surface area contributed by atoms with Crippen molar-refractivity contribution in [2.45, 2.75) is 19.8 Å². The lowest BCUT2D eigenvalue weighted by Crippen LogP contribution is -2.28. The summed E-state index contributed by atoms with van der Waals surface area (Å²) in [5, 5.41) is 3.28. The summed E-state index contributed by atoms with van der Waals surface area (Å²) in [6, 6.07) is 14.4. The average Bonchev–Trinajstić information content (AvgIpc) is 3.04. The van der Waals surface area contributed by atoms with Crippen molar-refractivity contribution >= 4 is 34.8 Å². The van der Waals surface area contributed by atoms with E-state index >= 15 is 0 Å². The molecule has 2 aromatic rings. The van der Waals surface area contributed by atoms with E-state index in [1.807, 2.05) is 31.2 Å². The summed E-state index contributed by atoms with van der Waals surface area (Å²) >= 11 is 6.08. The Hall–Kier alpha value is -2.53. The predicted molar refractivity (Wildman–Crippen MR) is 103 cm³/mol. The molecule has 1 heterocycles. The number of carbonyl (C=O) groups is 2. The molecule has 1 aliphatic rings. The van der Waals surface area contributed by atoms with Crippen LogP contribution in [-0.4, -0.2) is 25.0 Å². The number of amides is 2. The lowest BCUT2D eigenvalue weighted by atomic mass is 10.1. The molecular weight excluding hydrogens is 352 g/mol. The van der Waals surface area contributed by atoms with Gasteiger partial charge in [-0.3, -0.25) is 9.59 Å². The summed E-state index contributed by atoms with van der Waals surface area (Å²) in [5.74, 6) is 0.105. The standard InChI is InChI=1S/C20H21ClN2O3/c1-2-11-26-16-9-7-15(8-10-16)23-13-14(12-19(23)24)20(25)22-18-6-4-3-5-17(18)21/h3-10,14H,2,11-13H2,1H3,(H,22,25). The Kier molecular flexibility index (Phi) is 5.78. The highest BCUT2D eigenvalue weighted by Crippen LogP contribution is 2.28. The Balaban J connectivity index is 1.64. The third kappa shape index (κ3) is 4.17. The molecule has 3 rings (SSSR count). The van der Waals surface area contributed by atoms with Crippen molar-refractivity contribution in [1.29, 1.82) is 0 Å². The highest BCUT2D eigenvalue weighted by atomic mass is 35.5. The summed E-state index contributed by atoms with van der Waals surface area (Å²) in [4.78, 5) is 26.5. The second-order valence-electron chi connectivity index (χ2n) is 6.22. The molecule has 0 spiro atoms. The van der Waals surface area contributed by atoms with Gasteiger partial charge in [0.25, 0.3) is 0 Å². The predicted octanol–water partition coefficient (Wildman–Crippen LogP) is 4.12. The van der Waals surface area contributed by atoms with E-state index in [0.29, 0.717) is 23.9 Å². The zero-order valence-electron chi connectivity index (χ0n) is 14.6. The number of anilines is 2.